The van der Waals surface area contributed by atoms with Crippen LogP contribution in [0.4, 0.5) is 14.9 Å². The van der Waals surface area contributed by atoms with E-state index in [4.69, 9.17) is 9.47 Å². The molecule has 3 aromatic carbocycles. The zero-order chi connectivity index (χ0) is 26.5. The van der Waals surface area contributed by atoms with Gasteiger partial charge < -0.3 is 14.8 Å². The molecule has 0 spiro atoms. The van der Waals surface area contributed by atoms with Gasteiger partial charge in [0.1, 0.15) is 19.0 Å². The number of imide groups is 1. The van der Waals surface area contributed by atoms with Gasteiger partial charge in [-0.1, -0.05) is 24.3 Å². The second-order valence-corrected chi connectivity index (χ2v) is 10.4. The van der Waals surface area contributed by atoms with Crippen LogP contribution >= 0.6 is 43.6 Å². The van der Waals surface area contributed by atoms with Crippen LogP contribution in [-0.2, 0) is 16.2 Å². The van der Waals surface area contributed by atoms with Crippen LogP contribution in [0.3, 0.4) is 0 Å². The Morgan fingerprint density at radius 3 is 2.51 bits per heavy atom. The van der Waals surface area contributed by atoms with E-state index >= 15 is 0 Å². The van der Waals surface area contributed by atoms with Gasteiger partial charge in [0.2, 0.25) is 5.91 Å². The third kappa shape index (κ3) is 6.60. The van der Waals surface area contributed by atoms with Crippen molar-refractivity contribution in [3.8, 4) is 11.5 Å². The predicted molar refractivity (Wildman–Crippen MR) is 147 cm³/mol. The number of para-hydroxylation sites is 1. The lowest BCUT2D eigenvalue weighted by atomic mass is 10.1. The molecule has 11 heteroatoms. The maximum Gasteiger partial charge on any atom is 0.294 e. The number of rotatable bonds is 8. The first-order chi connectivity index (χ1) is 17.7. The molecule has 3 aromatic rings. The van der Waals surface area contributed by atoms with Gasteiger partial charge in [0.05, 0.1) is 22.2 Å². The molecular weight excluding hydrogens is 631 g/mol. The first-order valence-corrected chi connectivity index (χ1v) is 13.2. The van der Waals surface area contributed by atoms with Crippen molar-refractivity contribution in [2.45, 2.75) is 6.61 Å². The third-order valence-corrected chi connectivity index (χ3v) is 7.36. The molecule has 1 N–H and O–H groups in total. The van der Waals surface area contributed by atoms with Gasteiger partial charge in [0.15, 0.2) is 11.5 Å². The van der Waals surface area contributed by atoms with Gasteiger partial charge in [-0.2, -0.15) is 0 Å². The van der Waals surface area contributed by atoms with E-state index in [-0.39, 0.29) is 17.3 Å². The number of hydrogen-bond acceptors (Lipinski definition) is 6. The van der Waals surface area contributed by atoms with Crippen LogP contribution in [0, 0.1) is 5.82 Å². The Kier molecular flexibility index (Phi) is 8.67. The fourth-order valence-corrected chi connectivity index (χ4v) is 5.18. The molecule has 0 radical (unpaired) electrons. The highest BCUT2D eigenvalue weighted by molar-refractivity contribution is 9.11. The summed E-state index contributed by atoms with van der Waals surface area (Å²) in [5, 5.41) is 2.14. The van der Waals surface area contributed by atoms with E-state index in [1.54, 1.807) is 54.6 Å². The smallest absolute Gasteiger partial charge is 0.294 e. The number of nitrogens with one attached hydrogen (secondary N) is 1. The fourth-order valence-electron chi connectivity index (χ4n) is 3.38. The maximum atomic E-state index is 13.1. The van der Waals surface area contributed by atoms with Gasteiger partial charge in [-0.15, -0.1) is 0 Å². The van der Waals surface area contributed by atoms with Gasteiger partial charge in [-0.25, -0.2) is 4.39 Å². The molecule has 190 valence electrons. The quantitative estimate of drug-likeness (QED) is 0.276. The summed E-state index contributed by atoms with van der Waals surface area (Å²) < 4.78 is 25.7. The van der Waals surface area contributed by atoms with Crippen molar-refractivity contribution >= 4 is 72.4 Å². The lowest BCUT2D eigenvalue weighted by Crippen LogP contribution is -2.36. The van der Waals surface area contributed by atoms with Crippen molar-refractivity contribution in [2.75, 3.05) is 19.0 Å². The molecule has 0 aromatic heterocycles. The number of carbonyl (C=O) groups excluding carboxylic acids is 3. The van der Waals surface area contributed by atoms with Gasteiger partial charge >= 0.3 is 0 Å². The molecule has 0 aliphatic carbocycles. The zero-order valence-electron chi connectivity index (χ0n) is 19.3. The highest BCUT2D eigenvalue weighted by atomic mass is 79.9. The number of halogens is 3. The molecule has 0 atom stereocenters. The van der Waals surface area contributed by atoms with Crippen molar-refractivity contribution in [2.24, 2.45) is 0 Å². The number of ether oxygens (including phenoxy) is 2. The molecule has 37 heavy (non-hydrogen) atoms. The second kappa shape index (κ2) is 11.9. The van der Waals surface area contributed by atoms with Gasteiger partial charge in [0.25, 0.3) is 11.1 Å². The van der Waals surface area contributed by atoms with Crippen molar-refractivity contribution < 1.29 is 28.2 Å². The Morgan fingerprint density at radius 2 is 1.81 bits per heavy atom. The van der Waals surface area contributed by atoms with Crippen LogP contribution in [-0.4, -0.2) is 35.6 Å². The number of hydrogen-bond donors (Lipinski definition) is 1. The minimum absolute atomic E-state index is 0.174. The molecule has 1 heterocycles. The molecular formula is C26H19Br2FN2O5S. The molecule has 0 unspecified atom stereocenters. The van der Waals surface area contributed by atoms with E-state index in [2.05, 4.69) is 37.2 Å². The Balaban J connectivity index is 1.47. The Bertz CT molecular complexity index is 1400. The Morgan fingerprint density at radius 1 is 1.08 bits per heavy atom. The van der Waals surface area contributed by atoms with Gasteiger partial charge in [-0.3, -0.25) is 19.3 Å². The van der Waals surface area contributed by atoms with Crippen LogP contribution in [0.5, 0.6) is 11.5 Å². The number of anilines is 1. The van der Waals surface area contributed by atoms with E-state index in [0.29, 0.717) is 31.7 Å². The summed E-state index contributed by atoms with van der Waals surface area (Å²) in [4.78, 5) is 38.9. The molecule has 0 bridgehead atoms. The minimum Gasteiger partial charge on any atom is -0.493 e. The standard InChI is InChI=1S/C26H19Br2FN2O5S/c1-35-21-11-16(10-19(28)24(21)36-14-15-6-8-17(29)9-7-15)12-22-25(33)31(26(34)37-22)13-23(32)30-20-5-3-2-4-18(20)27/h2-12H,13-14H2,1H3,(H,30,32)/b22-12+. The first kappa shape index (κ1) is 26.9. The minimum atomic E-state index is -0.566. The lowest BCUT2D eigenvalue weighted by Gasteiger charge is -2.14. The summed E-state index contributed by atoms with van der Waals surface area (Å²) in [7, 11) is 1.48. The summed E-state index contributed by atoms with van der Waals surface area (Å²) in [6, 6.07) is 16.4. The van der Waals surface area contributed by atoms with Crippen LogP contribution in [0.15, 0.2) is 74.5 Å². The number of nitrogens with zero attached hydrogens (tertiary/aromatic N) is 1. The molecule has 3 amide bonds. The summed E-state index contributed by atoms with van der Waals surface area (Å²) >= 11 is 7.56. The van der Waals surface area contributed by atoms with Gasteiger partial charge in [0, 0.05) is 4.47 Å². The number of thioether (sulfide) groups is 1. The summed E-state index contributed by atoms with van der Waals surface area (Å²) in [6.07, 6.45) is 1.55. The van der Waals surface area contributed by atoms with Crippen LogP contribution < -0.4 is 14.8 Å². The number of benzene rings is 3. The third-order valence-electron chi connectivity index (χ3n) is 5.17. The van der Waals surface area contributed by atoms with E-state index in [0.717, 1.165) is 22.2 Å². The lowest BCUT2D eigenvalue weighted by molar-refractivity contribution is -0.127. The second-order valence-electron chi connectivity index (χ2n) is 7.75. The maximum absolute atomic E-state index is 13.1. The number of amides is 3. The Hall–Kier alpha value is -3.15. The summed E-state index contributed by atoms with van der Waals surface area (Å²) in [5.41, 5.74) is 1.89. The normalized spacial score (nSPS) is 14.3. The van der Waals surface area contributed by atoms with Crippen molar-refractivity contribution in [1.29, 1.82) is 0 Å². The van der Waals surface area contributed by atoms with Crippen LogP contribution in [0.2, 0.25) is 0 Å². The highest BCUT2D eigenvalue weighted by Crippen LogP contribution is 2.39. The zero-order valence-corrected chi connectivity index (χ0v) is 23.3. The van der Waals surface area contributed by atoms with E-state index in [9.17, 15) is 18.8 Å². The molecule has 1 saturated heterocycles. The topological polar surface area (TPSA) is 84.9 Å². The van der Waals surface area contributed by atoms with Crippen molar-refractivity contribution in [3.63, 3.8) is 0 Å². The van der Waals surface area contributed by atoms with Crippen molar-refractivity contribution in [3.05, 3.63) is 91.5 Å². The molecule has 4 rings (SSSR count). The molecule has 7 nitrogen and oxygen atoms in total. The fraction of sp³-hybridized carbons (Fsp3) is 0.115. The largest absolute Gasteiger partial charge is 0.493 e. The molecule has 1 fully saturated rings. The number of carbonyl (C=O) groups is 3. The van der Waals surface area contributed by atoms with E-state index in [1.165, 1.54) is 19.2 Å². The van der Waals surface area contributed by atoms with Crippen molar-refractivity contribution in [1.82, 2.24) is 4.90 Å². The Labute approximate surface area is 233 Å². The van der Waals surface area contributed by atoms with E-state index in [1.807, 2.05) is 0 Å². The van der Waals surface area contributed by atoms with Crippen LogP contribution in [0.1, 0.15) is 11.1 Å². The molecule has 0 saturated carbocycles. The highest BCUT2D eigenvalue weighted by Gasteiger charge is 2.36. The van der Waals surface area contributed by atoms with E-state index < -0.39 is 23.6 Å². The first-order valence-electron chi connectivity index (χ1n) is 10.8. The summed E-state index contributed by atoms with van der Waals surface area (Å²) in [6.45, 7) is -0.221. The predicted octanol–water partition coefficient (Wildman–Crippen LogP) is 6.61. The SMILES string of the molecule is COc1cc(/C=C2/SC(=O)N(CC(=O)Nc3ccccc3Br)C2=O)cc(Br)c1OCc1ccc(F)cc1. The average molecular weight is 650 g/mol. The molecule has 1 aliphatic heterocycles. The average Bonchev–Trinajstić information content (AvgIpc) is 3.12. The molecule has 1 aliphatic rings. The van der Waals surface area contributed by atoms with Gasteiger partial charge in [-0.05, 0) is 97.2 Å². The monoisotopic (exact) mass is 648 g/mol. The summed E-state index contributed by atoms with van der Waals surface area (Å²) in [5.74, 6) is -0.566. The number of methoxy groups -OCH3 is 1. The van der Waals surface area contributed by atoms with Crippen LogP contribution in [0.25, 0.3) is 6.08 Å².